The van der Waals surface area contributed by atoms with Gasteiger partial charge in [0.25, 0.3) is 0 Å². The number of carbonyl (C=O) groups is 1. The van der Waals surface area contributed by atoms with Crippen LogP contribution in [0.15, 0.2) is 54.2 Å². The second kappa shape index (κ2) is 7.03. The molecule has 4 rings (SSSR count). The van der Waals surface area contributed by atoms with E-state index in [9.17, 15) is 4.79 Å². The number of pyridine rings is 1. The Bertz CT molecular complexity index is 893. The number of piperazine rings is 1. The lowest BCUT2D eigenvalue weighted by atomic mass is 10.1. The number of hydrogen-bond donors (Lipinski definition) is 0. The summed E-state index contributed by atoms with van der Waals surface area (Å²) in [4.78, 5) is 25.4. The largest absolute Gasteiger partial charge is 0.345 e. The van der Waals surface area contributed by atoms with Gasteiger partial charge >= 0.3 is 0 Å². The number of thiazole rings is 1. The Labute approximate surface area is 150 Å². The van der Waals surface area contributed by atoms with Crippen LogP contribution in [-0.4, -0.2) is 47.0 Å². The molecule has 1 amide bonds. The standard InChI is InChI=1S/C19H18N4OS/c24-17(22-10-12-23(13-11-22)19-21-9-14-25-19)7-6-16-4-1-3-15-5-2-8-20-18(15)16/h1-9,14H,10-13H2/b7-6+. The summed E-state index contributed by atoms with van der Waals surface area (Å²) in [6.07, 6.45) is 7.12. The Morgan fingerprint density at radius 2 is 1.88 bits per heavy atom. The van der Waals surface area contributed by atoms with E-state index in [4.69, 9.17) is 0 Å². The Kier molecular flexibility index (Phi) is 4.43. The maximum atomic E-state index is 12.5. The van der Waals surface area contributed by atoms with E-state index in [1.54, 1.807) is 23.6 Å². The van der Waals surface area contributed by atoms with Crippen LogP contribution >= 0.6 is 11.3 Å². The minimum absolute atomic E-state index is 0.0479. The summed E-state index contributed by atoms with van der Waals surface area (Å²) in [6, 6.07) is 9.95. The van der Waals surface area contributed by atoms with Gasteiger partial charge in [-0.3, -0.25) is 9.78 Å². The number of fused-ring (bicyclic) bond motifs is 1. The smallest absolute Gasteiger partial charge is 0.246 e. The van der Waals surface area contributed by atoms with Gasteiger partial charge in [-0.1, -0.05) is 24.3 Å². The lowest BCUT2D eigenvalue weighted by molar-refractivity contribution is -0.126. The predicted octanol–water partition coefficient (Wildman–Crippen LogP) is 3.05. The third kappa shape index (κ3) is 3.39. The lowest BCUT2D eigenvalue weighted by Crippen LogP contribution is -2.48. The second-order valence-electron chi connectivity index (χ2n) is 5.88. The molecule has 0 saturated carbocycles. The van der Waals surface area contributed by atoms with E-state index in [1.165, 1.54) is 0 Å². The van der Waals surface area contributed by atoms with Gasteiger partial charge in [0, 0.05) is 61.0 Å². The average Bonchev–Trinajstić information content (AvgIpc) is 3.21. The number of nitrogens with zero attached hydrogens (tertiary/aromatic N) is 4. The first kappa shape index (κ1) is 15.8. The molecule has 0 aliphatic carbocycles. The zero-order valence-electron chi connectivity index (χ0n) is 13.7. The van der Waals surface area contributed by atoms with Crippen LogP contribution in [0.1, 0.15) is 5.56 Å². The second-order valence-corrected chi connectivity index (χ2v) is 6.76. The van der Waals surface area contributed by atoms with Crippen molar-refractivity contribution in [2.45, 2.75) is 0 Å². The minimum Gasteiger partial charge on any atom is -0.345 e. The lowest BCUT2D eigenvalue weighted by Gasteiger charge is -2.34. The van der Waals surface area contributed by atoms with Crippen LogP contribution in [-0.2, 0) is 4.79 Å². The van der Waals surface area contributed by atoms with E-state index in [2.05, 4.69) is 14.9 Å². The van der Waals surface area contributed by atoms with Crippen LogP contribution < -0.4 is 4.90 Å². The molecule has 0 N–H and O–H groups in total. The molecule has 126 valence electrons. The number of hydrogen-bond acceptors (Lipinski definition) is 5. The summed E-state index contributed by atoms with van der Waals surface area (Å²) in [7, 11) is 0. The van der Waals surface area contributed by atoms with Gasteiger partial charge in [0.2, 0.25) is 5.91 Å². The fraction of sp³-hybridized carbons (Fsp3) is 0.211. The monoisotopic (exact) mass is 350 g/mol. The van der Waals surface area contributed by atoms with E-state index < -0.39 is 0 Å². The third-order valence-electron chi connectivity index (χ3n) is 4.35. The maximum absolute atomic E-state index is 12.5. The van der Waals surface area contributed by atoms with Gasteiger partial charge in [-0.2, -0.15) is 0 Å². The van der Waals surface area contributed by atoms with Crippen LogP contribution in [0.4, 0.5) is 5.13 Å². The first-order valence-corrected chi connectivity index (χ1v) is 9.14. The molecule has 0 radical (unpaired) electrons. The molecule has 5 nitrogen and oxygen atoms in total. The SMILES string of the molecule is O=C(/C=C/c1cccc2cccnc12)N1CCN(c2nccs2)CC1. The third-order valence-corrected chi connectivity index (χ3v) is 5.18. The molecule has 3 heterocycles. The molecule has 1 aromatic carbocycles. The first-order chi connectivity index (χ1) is 12.3. The van der Waals surface area contributed by atoms with Crippen molar-refractivity contribution in [2.24, 2.45) is 0 Å². The van der Waals surface area contributed by atoms with Crippen molar-refractivity contribution in [3.8, 4) is 0 Å². The van der Waals surface area contributed by atoms with Gasteiger partial charge in [-0.25, -0.2) is 4.98 Å². The van der Waals surface area contributed by atoms with Gasteiger partial charge < -0.3 is 9.80 Å². The number of para-hydroxylation sites is 1. The zero-order valence-corrected chi connectivity index (χ0v) is 14.5. The first-order valence-electron chi connectivity index (χ1n) is 8.26. The molecular formula is C19H18N4OS. The molecule has 0 spiro atoms. The van der Waals surface area contributed by atoms with Gasteiger partial charge in [0.1, 0.15) is 0 Å². The summed E-state index contributed by atoms with van der Waals surface area (Å²) in [5, 5.41) is 4.09. The number of amides is 1. The number of anilines is 1. The van der Waals surface area contributed by atoms with Crippen molar-refractivity contribution in [2.75, 3.05) is 31.1 Å². The number of benzene rings is 1. The molecule has 25 heavy (non-hydrogen) atoms. The van der Waals surface area contributed by atoms with Gasteiger partial charge in [0.05, 0.1) is 5.52 Å². The van der Waals surface area contributed by atoms with Gasteiger partial charge in [0.15, 0.2) is 5.13 Å². The van der Waals surface area contributed by atoms with E-state index in [0.29, 0.717) is 0 Å². The summed E-state index contributed by atoms with van der Waals surface area (Å²) >= 11 is 1.64. The normalized spacial score (nSPS) is 15.2. The fourth-order valence-electron chi connectivity index (χ4n) is 3.02. The highest BCUT2D eigenvalue weighted by molar-refractivity contribution is 7.13. The molecule has 6 heteroatoms. The molecule has 3 aromatic rings. The van der Waals surface area contributed by atoms with Crippen LogP contribution in [0, 0.1) is 0 Å². The van der Waals surface area contributed by atoms with E-state index >= 15 is 0 Å². The Balaban J connectivity index is 1.43. The summed E-state index contributed by atoms with van der Waals surface area (Å²) in [5.74, 6) is 0.0479. The quantitative estimate of drug-likeness (QED) is 0.681. The summed E-state index contributed by atoms with van der Waals surface area (Å²) in [5.41, 5.74) is 1.88. The Hall–Kier alpha value is -2.73. The van der Waals surface area contributed by atoms with Crippen LogP contribution in [0.2, 0.25) is 0 Å². The predicted molar refractivity (Wildman–Crippen MR) is 102 cm³/mol. The summed E-state index contributed by atoms with van der Waals surface area (Å²) < 4.78 is 0. The number of aromatic nitrogens is 2. The molecule has 2 aromatic heterocycles. The van der Waals surface area contributed by atoms with Crippen molar-refractivity contribution in [3.05, 3.63) is 59.7 Å². The van der Waals surface area contributed by atoms with Crippen molar-refractivity contribution in [1.29, 1.82) is 0 Å². The van der Waals surface area contributed by atoms with Crippen molar-refractivity contribution in [3.63, 3.8) is 0 Å². The molecule has 0 atom stereocenters. The van der Waals surface area contributed by atoms with E-state index in [0.717, 1.165) is 47.8 Å². The average molecular weight is 350 g/mol. The molecule has 0 bridgehead atoms. The molecule has 1 aliphatic heterocycles. The summed E-state index contributed by atoms with van der Waals surface area (Å²) in [6.45, 7) is 3.08. The molecule has 0 unspecified atom stereocenters. The van der Waals surface area contributed by atoms with Gasteiger partial charge in [-0.05, 0) is 12.1 Å². The maximum Gasteiger partial charge on any atom is 0.246 e. The highest BCUT2D eigenvalue weighted by atomic mass is 32.1. The number of carbonyl (C=O) groups excluding carboxylic acids is 1. The molecule has 1 fully saturated rings. The molecule has 1 saturated heterocycles. The molecule has 1 aliphatic rings. The molecular weight excluding hydrogens is 332 g/mol. The van der Waals surface area contributed by atoms with Crippen LogP contribution in [0.3, 0.4) is 0 Å². The van der Waals surface area contributed by atoms with E-state index in [1.807, 2.05) is 52.9 Å². The number of rotatable bonds is 3. The highest BCUT2D eigenvalue weighted by Gasteiger charge is 2.20. The van der Waals surface area contributed by atoms with Crippen molar-refractivity contribution in [1.82, 2.24) is 14.9 Å². The van der Waals surface area contributed by atoms with Crippen molar-refractivity contribution >= 4 is 39.4 Å². The van der Waals surface area contributed by atoms with Gasteiger partial charge in [-0.15, -0.1) is 11.3 Å². The van der Waals surface area contributed by atoms with Crippen LogP contribution in [0.5, 0.6) is 0 Å². The van der Waals surface area contributed by atoms with E-state index in [-0.39, 0.29) is 5.91 Å². The fourth-order valence-corrected chi connectivity index (χ4v) is 3.72. The highest BCUT2D eigenvalue weighted by Crippen LogP contribution is 2.20. The Morgan fingerprint density at radius 1 is 1.04 bits per heavy atom. The van der Waals surface area contributed by atoms with Crippen LogP contribution in [0.25, 0.3) is 17.0 Å². The van der Waals surface area contributed by atoms with Crippen molar-refractivity contribution < 1.29 is 4.79 Å². The zero-order chi connectivity index (χ0) is 17.1. The minimum atomic E-state index is 0.0479. The topological polar surface area (TPSA) is 49.3 Å². The Morgan fingerprint density at radius 3 is 2.68 bits per heavy atom.